The Balaban J connectivity index is 0.000000211. The number of hydrogen-bond donors (Lipinski definition) is 0. The Morgan fingerprint density at radius 3 is 1.39 bits per heavy atom. The van der Waals surface area contributed by atoms with Crippen molar-refractivity contribution in [3.63, 3.8) is 0 Å². The molecule has 142 valence electrons. The third kappa shape index (κ3) is 5.56. The second-order valence-electron chi connectivity index (χ2n) is 6.26. The third-order valence-electron chi connectivity index (χ3n) is 4.44. The Morgan fingerprint density at radius 1 is 0.643 bits per heavy atom. The summed E-state index contributed by atoms with van der Waals surface area (Å²) < 4.78 is 3.37. The summed E-state index contributed by atoms with van der Waals surface area (Å²) in [6, 6.07) is 36.6. The molecule has 0 atom stereocenters. The largest absolute Gasteiger partial charge is 0.351 e. The summed E-state index contributed by atoms with van der Waals surface area (Å²) in [5, 5.41) is 4.19. The van der Waals surface area contributed by atoms with E-state index in [-0.39, 0.29) is 0 Å². The Bertz CT molecular complexity index is 824. The molecule has 0 unspecified atom stereocenters. The molecule has 0 aliphatic rings. The Morgan fingerprint density at radius 2 is 1.07 bits per heavy atom. The van der Waals surface area contributed by atoms with E-state index in [2.05, 4.69) is 143 Å². The summed E-state index contributed by atoms with van der Waals surface area (Å²) in [6.45, 7) is 3.25. The first kappa shape index (κ1) is 20.8. The Labute approximate surface area is 183 Å². The molecule has 0 aliphatic heterocycles. The van der Waals surface area contributed by atoms with E-state index in [1.807, 2.05) is 0 Å². The molecule has 0 fully saturated rings. The van der Waals surface area contributed by atoms with Crippen LogP contribution in [0.3, 0.4) is 0 Å². The minimum absolute atomic E-state index is 0.446. The zero-order valence-electron chi connectivity index (χ0n) is 16.1. The highest BCUT2D eigenvalue weighted by molar-refractivity contribution is 14.1. The number of halogens is 1. The van der Waals surface area contributed by atoms with E-state index in [1.165, 1.54) is 21.6 Å². The van der Waals surface area contributed by atoms with Gasteiger partial charge in [0.2, 0.25) is 0 Å². The number of aromatic nitrogens is 1. The maximum absolute atomic E-state index is 2.38. The maximum Gasteiger partial charge on any atom is 0.0400 e. The minimum Gasteiger partial charge on any atom is -0.351 e. The number of hydrogen-bond acceptors (Lipinski definition) is 0. The van der Waals surface area contributed by atoms with Gasteiger partial charge < -0.3 is 4.57 Å². The van der Waals surface area contributed by atoms with Gasteiger partial charge in [0.15, 0.2) is 0 Å². The fourth-order valence-corrected chi connectivity index (χ4v) is 6.06. The molecule has 0 amide bonds. The molecule has 28 heavy (non-hydrogen) atoms. The monoisotopic (exact) mass is 497 g/mol. The van der Waals surface area contributed by atoms with Crippen LogP contribution in [-0.2, 0) is 11.0 Å². The van der Waals surface area contributed by atoms with Crippen LogP contribution in [-0.4, -0.2) is 4.57 Å². The summed E-state index contributed by atoms with van der Waals surface area (Å²) in [5.74, 6) is 0. The van der Waals surface area contributed by atoms with Gasteiger partial charge in [-0.25, -0.2) is 0 Å². The summed E-state index contributed by atoms with van der Waals surface area (Å²) in [7, 11) is -0.446. The molecule has 0 saturated heterocycles. The van der Waals surface area contributed by atoms with Gasteiger partial charge in [0.05, 0.1) is 0 Å². The molecule has 0 N–H and O–H groups in total. The van der Waals surface area contributed by atoms with Gasteiger partial charge in [-0.2, -0.15) is 0 Å². The van der Waals surface area contributed by atoms with Crippen molar-refractivity contribution in [1.82, 2.24) is 4.57 Å². The number of aryl methyl sites for hydroxylation is 1. The first-order valence-electron chi connectivity index (χ1n) is 9.48. The van der Waals surface area contributed by atoms with E-state index < -0.39 is 7.92 Å². The summed E-state index contributed by atoms with van der Waals surface area (Å²) in [5.41, 5.74) is 1.41. The molecule has 1 heterocycles. The van der Waals surface area contributed by atoms with Crippen LogP contribution in [0.2, 0.25) is 0 Å². The quantitative estimate of drug-likeness (QED) is 0.184. The van der Waals surface area contributed by atoms with E-state index in [0.29, 0.717) is 0 Å². The second kappa shape index (κ2) is 11.2. The lowest BCUT2D eigenvalue weighted by Gasteiger charge is -2.18. The molecule has 0 spiro atoms. The van der Waals surface area contributed by atoms with E-state index in [0.717, 1.165) is 11.0 Å². The molecular weight excluding hydrogens is 472 g/mol. The van der Waals surface area contributed by atoms with Crippen molar-refractivity contribution in [3.05, 3.63) is 115 Å². The van der Waals surface area contributed by atoms with Crippen LogP contribution >= 0.6 is 30.5 Å². The summed E-state index contributed by atoms with van der Waals surface area (Å²) >= 11 is 2.38. The van der Waals surface area contributed by atoms with E-state index >= 15 is 0 Å². The maximum atomic E-state index is 2.38. The van der Waals surface area contributed by atoms with Crippen molar-refractivity contribution in [2.45, 2.75) is 17.9 Å². The fraction of sp³-hybridized carbons (Fsp3) is 0.120. The van der Waals surface area contributed by atoms with Crippen LogP contribution in [0.25, 0.3) is 0 Å². The summed E-state index contributed by atoms with van der Waals surface area (Å²) in [4.78, 5) is 0. The van der Waals surface area contributed by atoms with Crippen LogP contribution < -0.4 is 15.9 Å². The Hall–Kier alpha value is -1.90. The highest BCUT2D eigenvalue weighted by Gasteiger charge is 2.14. The van der Waals surface area contributed by atoms with Crippen molar-refractivity contribution in [2.75, 3.05) is 0 Å². The predicted molar refractivity (Wildman–Crippen MR) is 133 cm³/mol. The van der Waals surface area contributed by atoms with Gasteiger partial charge in [0.25, 0.3) is 0 Å². The molecule has 0 bridgehead atoms. The first-order chi connectivity index (χ1) is 13.8. The molecular formula is C25H25INP. The number of benzene rings is 3. The van der Waals surface area contributed by atoms with Gasteiger partial charge in [-0.15, -0.1) is 0 Å². The number of alkyl halides is 1. The Kier molecular flexibility index (Phi) is 8.32. The van der Waals surface area contributed by atoms with Crippen LogP contribution in [0.4, 0.5) is 0 Å². The van der Waals surface area contributed by atoms with E-state index in [9.17, 15) is 0 Å². The van der Waals surface area contributed by atoms with Gasteiger partial charge >= 0.3 is 0 Å². The van der Waals surface area contributed by atoms with Crippen LogP contribution in [0.1, 0.15) is 12.6 Å². The molecule has 0 radical (unpaired) electrons. The molecule has 4 rings (SSSR count). The lowest BCUT2D eigenvalue weighted by molar-refractivity contribution is 0.741. The zero-order valence-corrected chi connectivity index (χ0v) is 19.1. The SMILES string of the molecule is CCn1cccc1CI.c1ccc(P(c2ccccc2)c2ccccc2)cc1. The molecule has 1 aromatic heterocycles. The van der Waals surface area contributed by atoms with Crippen LogP contribution in [0, 0.1) is 0 Å². The predicted octanol–water partition coefficient (Wildman–Crippen LogP) is 5.89. The van der Waals surface area contributed by atoms with Gasteiger partial charge in [-0.1, -0.05) is 114 Å². The van der Waals surface area contributed by atoms with Crippen molar-refractivity contribution >= 4 is 46.4 Å². The average Bonchev–Trinajstić information content (AvgIpc) is 3.25. The van der Waals surface area contributed by atoms with E-state index in [4.69, 9.17) is 0 Å². The van der Waals surface area contributed by atoms with Gasteiger partial charge in [-0.05, 0) is 42.9 Å². The molecule has 1 nitrogen and oxygen atoms in total. The number of rotatable bonds is 5. The average molecular weight is 497 g/mol. The van der Waals surface area contributed by atoms with Crippen molar-refractivity contribution in [1.29, 1.82) is 0 Å². The fourth-order valence-electron chi connectivity index (χ4n) is 3.06. The normalized spacial score (nSPS) is 10.4. The third-order valence-corrected chi connectivity index (χ3v) is 7.67. The standard InChI is InChI=1S/C18H15P.C7H10IN/c1-4-10-16(11-5-1)19(17-12-6-2-7-13-17)18-14-8-3-9-15-18;1-2-9-5-3-4-7(9)6-8/h1-15H;3-5H,2,6H2,1H3. The summed E-state index contributed by atoms with van der Waals surface area (Å²) in [6.07, 6.45) is 2.12. The van der Waals surface area contributed by atoms with Crippen molar-refractivity contribution in [2.24, 2.45) is 0 Å². The van der Waals surface area contributed by atoms with Crippen LogP contribution in [0.5, 0.6) is 0 Å². The van der Waals surface area contributed by atoms with E-state index in [1.54, 1.807) is 0 Å². The lowest BCUT2D eigenvalue weighted by atomic mass is 10.4. The minimum atomic E-state index is -0.446. The van der Waals surface area contributed by atoms with Gasteiger partial charge in [-0.3, -0.25) is 0 Å². The van der Waals surface area contributed by atoms with Gasteiger partial charge in [0.1, 0.15) is 0 Å². The highest BCUT2D eigenvalue weighted by Crippen LogP contribution is 2.32. The lowest BCUT2D eigenvalue weighted by Crippen LogP contribution is -2.20. The van der Waals surface area contributed by atoms with Crippen molar-refractivity contribution < 1.29 is 0 Å². The molecule has 0 saturated carbocycles. The molecule has 3 heteroatoms. The number of nitrogens with zero attached hydrogens (tertiary/aromatic N) is 1. The first-order valence-corrected chi connectivity index (χ1v) is 12.4. The topological polar surface area (TPSA) is 4.93 Å². The smallest absolute Gasteiger partial charge is 0.0400 e. The van der Waals surface area contributed by atoms with Crippen LogP contribution in [0.15, 0.2) is 109 Å². The van der Waals surface area contributed by atoms with Gasteiger partial charge in [0, 0.05) is 22.9 Å². The van der Waals surface area contributed by atoms with Crippen molar-refractivity contribution in [3.8, 4) is 0 Å². The molecule has 4 aromatic rings. The molecule has 0 aliphatic carbocycles. The molecule has 3 aromatic carbocycles. The highest BCUT2D eigenvalue weighted by atomic mass is 127. The second-order valence-corrected chi connectivity index (χ2v) is 9.24. The zero-order chi connectivity index (χ0) is 19.6.